The highest BCUT2D eigenvalue weighted by molar-refractivity contribution is 6.33. The minimum atomic E-state index is -1.02. The molecule has 1 aromatic heterocycles. The highest BCUT2D eigenvalue weighted by atomic mass is 35.5. The van der Waals surface area contributed by atoms with Crippen LogP contribution in [0.25, 0.3) is 0 Å². The average molecular weight is 303 g/mol. The van der Waals surface area contributed by atoms with Gasteiger partial charge in [-0.1, -0.05) is 11.6 Å². The zero-order valence-corrected chi connectivity index (χ0v) is 11.8. The molecule has 0 bridgehead atoms. The number of benzene rings is 1. The topological polar surface area (TPSA) is 51.8 Å². The molecule has 19 heavy (non-hydrogen) atoms. The van der Waals surface area contributed by atoms with Gasteiger partial charge in [-0.2, -0.15) is 0 Å². The van der Waals surface area contributed by atoms with Crippen molar-refractivity contribution in [1.82, 2.24) is 0 Å². The lowest BCUT2D eigenvalue weighted by Gasteiger charge is -2.16. The Morgan fingerprint density at radius 1 is 1.11 bits per heavy atom. The first-order valence-corrected chi connectivity index (χ1v) is 6.17. The Labute approximate surface area is 120 Å². The number of furan rings is 1. The Morgan fingerprint density at radius 2 is 1.84 bits per heavy atom. The maximum Gasteiger partial charge on any atom is 0.193 e. The van der Waals surface area contributed by atoms with Gasteiger partial charge in [0.2, 0.25) is 0 Å². The van der Waals surface area contributed by atoms with Gasteiger partial charge in [-0.15, -0.1) is 0 Å². The number of hydrogen-bond acceptors (Lipinski definition) is 4. The number of ether oxygens (including phenoxy) is 2. The molecule has 0 radical (unpaired) electrons. The molecule has 2 rings (SSSR count). The quantitative estimate of drug-likeness (QED) is 0.936. The van der Waals surface area contributed by atoms with E-state index in [-0.39, 0.29) is 5.22 Å². The monoisotopic (exact) mass is 302 g/mol. The Balaban J connectivity index is 2.47. The van der Waals surface area contributed by atoms with Gasteiger partial charge in [0.15, 0.2) is 5.22 Å². The van der Waals surface area contributed by atoms with Crippen LogP contribution in [0.2, 0.25) is 10.2 Å². The van der Waals surface area contributed by atoms with Crippen molar-refractivity contribution in [3.8, 4) is 11.5 Å². The summed E-state index contributed by atoms with van der Waals surface area (Å²) in [4.78, 5) is 0. The van der Waals surface area contributed by atoms with Crippen LogP contribution in [0.3, 0.4) is 0 Å². The summed E-state index contributed by atoms with van der Waals surface area (Å²) in [7, 11) is 2.97. The van der Waals surface area contributed by atoms with E-state index in [0.717, 1.165) is 0 Å². The first-order valence-electron chi connectivity index (χ1n) is 5.42. The van der Waals surface area contributed by atoms with Crippen LogP contribution < -0.4 is 9.47 Å². The lowest BCUT2D eigenvalue weighted by atomic mass is 10.1. The molecule has 0 fully saturated rings. The van der Waals surface area contributed by atoms with Crippen LogP contribution in [-0.2, 0) is 0 Å². The third-order valence-corrected chi connectivity index (χ3v) is 3.24. The maximum absolute atomic E-state index is 10.3. The van der Waals surface area contributed by atoms with Crippen molar-refractivity contribution in [3.05, 3.63) is 45.8 Å². The second kappa shape index (κ2) is 5.74. The lowest BCUT2D eigenvalue weighted by molar-refractivity contribution is 0.185. The molecule has 0 amide bonds. The molecule has 0 aliphatic heterocycles. The fourth-order valence-corrected chi connectivity index (χ4v) is 2.24. The average Bonchev–Trinajstić information content (AvgIpc) is 2.84. The van der Waals surface area contributed by atoms with E-state index < -0.39 is 6.10 Å². The molecule has 6 heteroatoms. The predicted octanol–water partition coefficient (Wildman–Crippen LogP) is 3.69. The third kappa shape index (κ3) is 2.66. The van der Waals surface area contributed by atoms with Crippen molar-refractivity contribution < 1.29 is 19.0 Å². The second-order valence-corrected chi connectivity index (χ2v) is 4.50. The molecule has 1 aromatic carbocycles. The Bertz CT molecular complexity index is 580. The number of methoxy groups -OCH3 is 2. The summed E-state index contributed by atoms with van der Waals surface area (Å²) in [5, 5.41) is 10.8. The first kappa shape index (κ1) is 14.1. The normalized spacial score (nSPS) is 12.3. The predicted molar refractivity (Wildman–Crippen MR) is 72.3 cm³/mol. The van der Waals surface area contributed by atoms with Crippen LogP contribution in [0.4, 0.5) is 0 Å². The van der Waals surface area contributed by atoms with Crippen molar-refractivity contribution in [3.63, 3.8) is 0 Å². The summed E-state index contributed by atoms with van der Waals surface area (Å²) in [5.41, 5.74) is 0.472. The van der Waals surface area contributed by atoms with Gasteiger partial charge in [-0.25, -0.2) is 0 Å². The van der Waals surface area contributed by atoms with E-state index in [1.165, 1.54) is 14.2 Å². The highest BCUT2D eigenvalue weighted by Crippen LogP contribution is 2.41. The molecule has 2 aromatic rings. The van der Waals surface area contributed by atoms with Crippen LogP contribution in [0.1, 0.15) is 17.4 Å². The lowest BCUT2D eigenvalue weighted by Crippen LogP contribution is -2.02. The number of rotatable bonds is 4. The molecule has 0 aliphatic rings. The molecule has 4 nitrogen and oxygen atoms in total. The molecular weight excluding hydrogens is 291 g/mol. The van der Waals surface area contributed by atoms with E-state index in [9.17, 15) is 5.11 Å². The van der Waals surface area contributed by atoms with Crippen LogP contribution >= 0.6 is 23.2 Å². The summed E-state index contributed by atoms with van der Waals surface area (Å²) in [5.74, 6) is 1.11. The minimum Gasteiger partial charge on any atom is -0.495 e. The van der Waals surface area contributed by atoms with E-state index in [2.05, 4.69) is 0 Å². The van der Waals surface area contributed by atoms with Gasteiger partial charge < -0.3 is 19.0 Å². The first-order chi connectivity index (χ1) is 9.08. The molecule has 1 N–H and O–H groups in total. The molecule has 0 saturated carbocycles. The van der Waals surface area contributed by atoms with Crippen LogP contribution in [-0.4, -0.2) is 19.3 Å². The van der Waals surface area contributed by atoms with Crippen molar-refractivity contribution in [2.45, 2.75) is 6.10 Å². The zero-order chi connectivity index (χ0) is 14.0. The second-order valence-electron chi connectivity index (χ2n) is 3.75. The number of hydrogen-bond donors (Lipinski definition) is 1. The molecule has 1 heterocycles. The van der Waals surface area contributed by atoms with Crippen LogP contribution in [0.5, 0.6) is 11.5 Å². The minimum absolute atomic E-state index is 0.202. The summed E-state index contributed by atoms with van der Waals surface area (Å²) in [6, 6.07) is 6.45. The van der Waals surface area contributed by atoms with Crippen LogP contribution in [0.15, 0.2) is 28.7 Å². The van der Waals surface area contributed by atoms with Crippen molar-refractivity contribution in [2.75, 3.05) is 14.2 Å². The zero-order valence-electron chi connectivity index (χ0n) is 10.3. The van der Waals surface area contributed by atoms with Gasteiger partial charge in [0.1, 0.15) is 28.4 Å². The Kier molecular flexibility index (Phi) is 4.24. The van der Waals surface area contributed by atoms with E-state index in [0.29, 0.717) is 27.8 Å². The van der Waals surface area contributed by atoms with Crippen molar-refractivity contribution in [1.29, 1.82) is 0 Å². The molecule has 102 valence electrons. The molecular formula is C13H12Cl2O4. The van der Waals surface area contributed by atoms with Crippen molar-refractivity contribution in [2.24, 2.45) is 0 Å². The SMILES string of the molecule is COc1ccc(C(O)c2ccc(Cl)o2)c(OC)c1Cl. The highest BCUT2D eigenvalue weighted by Gasteiger charge is 2.22. The standard InChI is InChI=1S/C13H12Cl2O4/c1-17-8-4-3-7(13(18-2)11(8)15)12(16)9-5-6-10(14)19-9/h3-6,12,16H,1-2H3. The largest absolute Gasteiger partial charge is 0.495 e. The Morgan fingerprint density at radius 3 is 2.37 bits per heavy atom. The van der Waals surface area contributed by atoms with Gasteiger partial charge in [0.05, 0.1) is 14.2 Å². The van der Waals surface area contributed by atoms with Crippen LogP contribution in [0, 0.1) is 0 Å². The fraction of sp³-hybridized carbons (Fsp3) is 0.231. The van der Waals surface area contributed by atoms with Gasteiger partial charge in [0.25, 0.3) is 0 Å². The van der Waals surface area contributed by atoms with Gasteiger partial charge in [-0.3, -0.25) is 0 Å². The van der Waals surface area contributed by atoms with Gasteiger partial charge in [0, 0.05) is 5.56 Å². The number of aliphatic hydroxyl groups excluding tert-OH is 1. The summed E-state index contributed by atoms with van der Waals surface area (Å²) < 4.78 is 15.5. The Hall–Kier alpha value is -1.36. The van der Waals surface area contributed by atoms with E-state index >= 15 is 0 Å². The maximum atomic E-state index is 10.3. The van der Waals surface area contributed by atoms with Crippen molar-refractivity contribution >= 4 is 23.2 Å². The van der Waals surface area contributed by atoms with E-state index in [1.54, 1.807) is 24.3 Å². The summed E-state index contributed by atoms with van der Waals surface area (Å²) >= 11 is 11.8. The van der Waals surface area contributed by atoms with Gasteiger partial charge in [-0.05, 0) is 35.9 Å². The molecule has 0 spiro atoms. The number of aliphatic hydroxyl groups is 1. The molecule has 1 unspecified atom stereocenters. The smallest absolute Gasteiger partial charge is 0.193 e. The molecule has 0 aliphatic carbocycles. The summed E-state index contributed by atoms with van der Waals surface area (Å²) in [6.07, 6.45) is -1.02. The third-order valence-electron chi connectivity index (χ3n) is 2.67. The molecule has 0 saturated heterocycles. The number of halogens is 2. The van der Waals surface area contributed by atoms with E-state index in [1.807, 2.05) is 0 Å². The van der Waals surface area contributed by atoms with E-state index in [4.69, 9.17) is 37.1 Å². The van der Waals surface area contributed by atoms with Gasteiger partial charge >= 0.3 is 0 Å². The molecule has 1 atom stereocenters. The fourth-order valence-electron chi connectivity index (χ4n) is 1.76. The summed E-state index contributed by atoms with van der Waals surface area (Å²) in [6.45, 7) is 0.